The number of fused-ring (bicyclic) bond motifs is 4. The van der Waals surface area contributed by atoms with Gasteiger partial charge in [0.2, 0.25) is 5.91 Å². The minimum Gasteiger partial charge on any atom is -0.457 e. The molecule has 3 saturated heterocycles. The van der Waals surface area contributed by atoms with Crippen LogP contribution in [0.2, 0.25) is 0 Å². The fraction of sp³-hybridized carbons (Fsp3) is 0.771. The molecule has 7 heteroatoms. The Kier molecular flexibility index (Phi) is 13.6. The van der Waals surface area contributed by atoms with Crippen LogP contribution in [0.5, 0.6) is 0 Å². The van der Waals surface area contributed by atoms with E-state index in [9.17, 15) is 9.59 Å². The van der Waals surface area contributed by atoms with E-state index in [1.54, 1.807) is 0 Å². The van der Waals surface area contributed by atoms with Crippen molar-refractivity contribution in [2.45, 2.75) is 135 Å². The molecule has 0 aromatic heterocycles. The van der Waals surface area contributed by atoms with E-state index in [0.717, 1.165) is 64.2 Å². The van der Waals surface area contributed by atoms with Gasteiger partial charge in [-0.05, 0) is 76.7 Å². The normalized spacial score (nSPS) is 34.5. The molecule has 4 heterocycles. The molecular weight excluding hydrogens is 530 g/mol. The predicted octanol–water partition coefficient (Wildman–Crippen LogP) is 6.71. The summed E-state index contributed by atoms with van der Waals surface area (Å²) in [5, 5.41) is 0. The highest BCUT2D eigenvalue weighted by atomic mass is 16.6. The van der Waals surface area contributed by atoms with Crippen molar-refractivity contribution < 1.29 is 28.5 Å². The number of esters is 1. The van der Waals surface area contributed by atoms with Gasteiger partial charge in [-0.3, -0.25) is 9.59 Å². The van der Waals surface area contributed by atoms with E-state index in [4.69, 9.17) is 18.9 Å². The van der Waals surface area contributed by atoms with Crippen molar-refractivity contribution in [3.8, 4) is 0 Å². The number of hydrogen-bond donors (Lipinski definition) is 0. The molecule has 1 amide bonds. The van der Waals surface area contributed by atoms with Crippen LogP contribution < -0.4 is 0 Å². The van der Waals surface area contributed by atoms with Crippen molar-refractivity contribution in [3.63, 3.8) is 0 Å². The maximum absolute atomic E-state index is 13.2. The largest absolute Gasteiger partial charge is 0.457 e. The van der Waals surface area contributed by atoms with E-state index in [0.29, 0.717) is 44.7 Å². The molecule has 42 heavy (non-hydrogen) atoms. The molecule has 0 aromatic rings. The fourth-order valence-corrected chi connectivity index (χ4v) is 6.74. The second-order valence-electron chi connectivity index (χ2n) is 12.9. The fourth-order valence-electron chi connectivity index (χ4n) is 6.74. The molecule has 0 N–H and O–H groups in total. The highest BCUT2D eigenvalue weighted by Crippen LogP contribution is 2.33. The standard InChI is InChI=1S/C35H55NO6/c1-4-28-22-31-24-30-12-10-11-29(40-30)21-26(2)15-16-27(3)33(42-35(38)25-32(23-28)41-31)13-8-6-5-7-9-14-34(37)36-17-19-39-20-18-36/h4,8,13,15-16,26-27,29-33H,5-7,9-12,14,17-25H2,1-3H3. The summed E-state index contributed by atoms with van der Waals surface area (Å²) in [5.74, 6) is 0.514. The number of nitrogens with zero attached hydrogens (tertiary/aromatic N) is 1. The highest BCUT2D eigenvalue weighted by Gasteiger charge is 2.32. The number of amides is 1. The average Bonchev–Trinajstić information content (AvgIpc) is 2.98. The zero-order valence-corrected chi connectivity index (χ0v) is 26.3. The second kappa shape index (κ2) is 17.4. The zero-order valence-electron chi connectivity index (χ0n) is 26.3. The van der Waals surface area contributed by atoms with Crippen molar-refractivity contribution in [3.05, 3.63) is 36.0 Å². The number of carbonyl (C=O) groups is 2. The summed E-state index contributed by atoms with van der Waals surface area (Å²) in [5.41, 5.74) is 1.37. The number of rotatable bonds is 7. The maximum Gasteiger partial charge on any atom is 0.309 e. The van der Waals surface area contributed by atoms with Gasteiger partial charge in [-0.2, -0.15) is 0 Å². The van der Waals surface area contributed by atoms with E-state index in [1.165, 1.54) is 12.0 Å². The Labute approximate surface area is 254 Å². The summed E-state index contributed by atoms with van der Waals surface area (Å²) in [6, 6.07) is 0. The van der Waals surface area contributed by atoms with Crippen molar-refractivity contribution in [2.24, 2.45) is 11.8 Å². The van der Waals surface area contributed by atoms with E-state index in [-0.39, 0.29) is 48.6 Å². The Balaban J connectivity index is 1.33. The lowest BCUT2D eigenvalue weighted by atomic mass is 9.90. The van der Waals surface area contributed by atoms with E-state index in [1.807, 2.05) is 4.90 Å². The quantitative estimate of drug-likeness (QED) is 0.188. The topological polar surface area (TPSA) is 74.3 Å². The van der Waals surface area contributed by atoms with Gasteiger partial charge in [0, 0.05) is 31.8 Å². The third-order valence-corrected chi connectivity index (χ3v) is 9.24. The van der Waals surface area contributed by atoms with Crippen molar-refractivity contribution in [1.29, 1.82) is 0 Å². The lowest BCUT2D eigenvalue weighted by Crippen LogP contribution is -2.40. The molecule has 4 aliphatic rings. The molecule has 0 saturated carbocycles. The molecule has 0 aromatic carbocycles. The molecule has 4 aliphatic heterocycles. The minimum atomic E-state index is -0.312. The predicted molar refractivity (Wildman–Crippen MR) is 165 cm³/mol. The molecule has 236 valence electrons. The molecule has 7 atom stereocenters. The molecule has 7 unspecified atom stereocenters. The summed E-state index contributed by atoms with van der Waals surface area (Å²) in [6.45, 7) is 9.20. The third-order valence-electron chi connectivity index (χ3n) is 9.24. The van der Waals surface area contributed by atoms with Crippen LogP contribution in [0, 0.1) is 11.8 Å². The van der Waals surface area contributed by atoms with Crippen molar-refractivity contribution >= 4 is 11.9 Å². The summed E-state index contributed by atoms with van der Waals surface area (Å²) in [4.78, 5) is 27.5. The summed E-state index contributed by atoms with van der Waals surface area (Å²) < 4.78 is 24.5. The van der Waals surface area contributed by atoms with Gasteiger partial charge in [-0.15, -0.1) is 0 Å². The number of cyclic esters (lactones) is 1. The lowest BCUT2D eigenvalue weighted by molar-refractivity contribution is -0.154. The first-order valence-electron chi connectivity index (χ1n) is 16.7. The molecule has 4 rings (SSSR count). The number of hydrogen-bond acceptors (Lipinski definition) is 6. The van der Waals surface area contributed by atoms with E-state index < -0.39 is 0 Å². The first-order chi connectivity index (χ1) is 20.4. The van der Waals surface area contributed by atoms with Crippen LogP contribution in [0.25, 0.3) is 0 Å². The Morgan fingerprint density at radius 3 is 2.45 bits per heavy atom. The Morgan fingerprint density at radius 1 is 0.929 bits per heavy atom. The Morgan fingerprint density at radius 2 is 1.67 bits per heavy atom. The first-order valence-corrected chi connectivity index (χ1v) is 16.7. The number of carbonyl (C=O) groups excluding carboxylic acids is 2. The van der Waals surface area contributed by atoms with Crippen molar-refractivity contribution in [1.82, 2.24) is 4.90 Å². The summed E-state index contributed by atoms with van der Waals surface area (Å²) in [7, 11) is 0. The van der Waals surface area contributed by atoms with Gasteiger partial charge in [0.25, 0.3) is 0 Å². The van der Waals surface area contributed by atoms with Crippen LogP contribution in [0.15, 0.2) is 36.0 Å². The van der Waals surface area contributed by atoms with Gasteiger partial charge < -0.3 is 23.8 Å². The second-order valence-corrected chi connectivity index (χ2v) is 12.9. The third kappa shape index (κ3) is 10.9. The molecule has 0 aliphatic carbocycles. The van der Waals surface area contributed by atoms with Gasteiger partial charge >= 0.3 is 5.97 Å². The highest BCUT2D eigenvalue weighted by molar-refractivity contribution is 5.76. The first kappa shape index (κ1) is 32.9. The van der Waals surface area contributed by atoms with Crippen LogP contribution in [0.4, 0.5) is 0 Å². The minimum absolute atomic E-state index is 0.0674. The average molecular weight is 586 g/mol. The van der Waals surface area contributed by atoms with Gasteiger partial charge in [0.05, 0.1) is 44.1 Å². The smallest absolute Gasteiger partial charge is 0.309 e. The van der Waals surface area contributed by atoms with E-state index in [2.05, 4.69) is 51.2 Å². The lowest BCUT2D eigenvalue weighted by Gasteiger charge is -2.37. The summed E-state index contributed by atoms with van der Waals surface area (Å²) >= 11 is 0. The Bertz CT molecular complexity index is 938. The molecule has 3 fully saturated rings. The Hall–Kier alpha value is -1.96. The molecule has 4 bridgehead atoms. The van der Waals surface area contributed by atoms with Crippen LogP contribution in [-0.4, -0.2) is 73.6 Å². The molecule has 0 radical (unpaired) electrons. The number of morpholine rings is 1. The number of ether oxygens (including phenoxy) is 4. The zero-order chi connectivity index (χ0) is 29.7. The summed E-state index contributed by atoms with van der Waals surface area (Å²) in [6.07, 6.45) is 22.8. The SMILES string of the molecule is CC=C1CC2CC(=O)OC(C=CCCCCCC(=O)N3CCOCC3)C(C)C=CC(C)CC3CCCC(CC(C1)O2)O3. The maximum atomic E-state index is 13.2. The van der Waals surface area contributed by atoms with Crippen LogP contribution in [0.1, 0.15) is 104 Å². The molecular formula is C35H55NO6. The van der Waals surface area contributed by atoms with Crippen LogP contribution in [0.3, 0.4) is 0 Å². The van der Waals surface area contributed by atoms with Crippen LogP contribution >= 0.6 is 0 Å². The number of allylic oxidation sites excluding steroid dienone is 3. The van der Waals surface area contributed by atoms with Gasteiger partial charge in [0.1, 0.15) is 6.10 Å². The molecule has 7 nitrogen and oxygen atoms in total. The van der Waals surface area contributed by atoms with E-state index >= 15 is 0 Å². The van der Waals surface area contributed by atoms with Crippen molar-refractivity contribution in [2.75, 3.05) is 26.3 Å². The van der Waals surface area contributed by atoms with Gasteiger partial charge in [-0.25, -0.2) is 0 Å². The number of unbranched alkanes of at least 4 members (excludes halogenated alkanes) is 3. The van der Waals surface area contributed by atoms with Crippen LogP contribution in [-0.2, 0) is 28.5 Å². The monoisotopic (exact) mass is 585 g/mol. The van der Waals surface area contributed by atoms with Gasteiger partial charge in [-0.1, -0.05) is 50.1 Å². The van der Waals surface area contributed by atoms with Gasteiger partial charge in [0.15, 0.2) is 0 Å². The molecule has 0 spiro atoms.